The summed E-state index contributed by atoms with van der Waals surface area (Å²) >= 11 is 5.96. The highest BCUT2D eigenvalue weighted by molar-refractivity contribution is 9.20. The molecular formula is C51H72Br2F2O12. The molecule has 0 bridgehead atoms. The average Bonchev–Trinajstić information content (AvgIpc) is 3.56. The molecule has 67 heavy (non-hydrogen) atoms. The first-order valence-electron chi connectivity index (χ1n) is 23.1. The second-order valence-corrected chi connectivity index (χ2v) is 24.7. The van der Waals surface area contributed by atoms with E-state index >= 15 is 8.78 Å². The fourth-order valence-electron chi connectivity index (χ4n) is 14.8. The lowest BCUT2D eigenvalue weighted by atomic mass is 9.44. The molecule has 0 aromatic carbocycles. The number of halogens is 4. The number of esters is 1. The lowest BCUT2D eigenvalue weighted by Gasteiger charge is -2.62. The van der Waals surface area contributed by atoms with Gasteiger partial charge in [0, 0.05) is 40.4 Å². The first-order chi connectivity index (χ1) is 30.2. The van der Waals surface area contributed by atoms with Crippen LogP contribution in [0.5, 0.6) is 0 Å². The predicted octanol–water partition coefficient (Wildman–Crippen LogP) is 6.87. The van der Waals surface area contributed by atoms with Crippen LogP contribution in [0.1, 0.15) is 121 Å². The Hall–Kier alpha value is -2.31. The van der Waals surface area contributed by atoms with Crippen LogP contribution >= 0.6 is 31.9 Å². The van der Waals surface area contributed by atoms with Gasteiger partial charge in [0.05, 0.1) is 22.6 Å². The van der Waals surface area contributed by atoms with E-state index in [0.717, 1.165) is 5.57 Å². The first-order valence-corrected chi connectivity index (χ1v) is 24.7. The third-order valence-electron chi connectivity index (χ3n) is 18.4. The van der Waals surface area contributed by atoms with Gasteiger partial charge in [-0.15, -0.1) is 0 Å². The van der Waals surface area contributed by atoms with Crippen molar-refractivity contribution in [1.82, 2.24) is 0 Å². The Morgan fingerprint density at radius 1 is 0.791 bits per heavy atom. The summed E-state index contributed by atoms with van der Waals surface area (Å²) in [5.74, 6) is -4.68. The van der Waals surface area contributed by atoms with Crippen molar-refractivity contribution in [3.63, 3.8) is 0 Å². The molecule has 0 radical (unpaired) electrons. The van der Waals surface area contributed by atoms with Crippen LogP contribution in [0.25, 0.3) is 0 Å². The third kappa shape index (κ3) is 7.94. The van der Waals surface area contributed by atoms with E-state index in [9.17, 15) is 54.6 Å². The van der Waals surface area contributed by atoms with Crippen molar-refractivity contribution in [2.75, 3.05) is 13.2 Å². The Morgan fingerprint density at radius 2 is 1.22 bits per heavy atom. The lowest BCUT2D eigenvalue weighted by molar-refractivity contribution is -0.219. The minimum absolute atomic E-state index is 0. The van der Waals surface area contributed by atoms with Crippen LogP contribution in [0.3, 0.4) is 0 Å². The molecule has 12 nitrogen and oxygen atoms in total. The molecule has 16 heteroatoms. The van der Waals surface area contributed by atoms with Gasteiger partial charge in [0.25, 0.3) is 0 Å². The normalized spacial score (nSPS) is 46.6. The molecule has 0 amide bonds. The first kappa shape index (κ1) is 55.6. The van der Waals surface area contributed by atoms with Crippen molar-refractivity contribution in [2.24, 2.45) is 57.2 Å². The van der Waals surface area contributed by atoms with E-state index in [2.05, 4.69) is 31.9 Å². The van der Waals surface area contributed by atoms with Gasteiger partial charge in [-0.3, -0.25) is 24.0 Å². The van der Waals surface area contributed by atoms with Crippen LogP contribution in [-0.2, 0) is 28.7 Å². The summed E-state index contributed by atoms with van der Waals surface area (Å²) in [7, 11) is 0. The molecule has 17 unspecified atom stereocenters. The van der Waals surface area contributed by atoms with Crippen molar-refractivity contribution in [2.45, 2.75) is 166 Å². The van der Waals surface area contributed by atoms with Crippen molar-refractivity contribution >= 4 is 59.9 Å². The standard InChI is InChI=1S/C24H31FO6.C22H31FO5.C4H6Br2O.CH4/c1-13-9-18-17-6-5-15-10-16(27)7-8-21(15,3)23(17,25)19(28)11-22(18,4)24(13,30)20(29)12-31-14(2)26;1-12-8-16-15-5-4-13-9-14(25)6-7-19(13,2)21(15,23)17(26)10-20(16,3)22(12,28)18(27)11-24;1-4(2,6)3(5)7;/h7-8,10,13,17-19,28,30H,5-6,9,11-12H2,1-4H3;6-7,9,12,14-17,24-26,28H,4-5,8,10-11H2,1-3H3;1-2H3;1H4. The van der Waals surface area contributed by atoms with Crippen LogP contribution in [0.2, 0.25) is 0 Å². The number of aliphatic hydroxyl groups excluding tert-OH is 4. The number of aliphatic hydroxyl groups is 6. The molecule has 376 valence electrons. The van der Waals surface area contributed by atoms with Gasteiger partial charge in [-0.25, -0.2) is 8.78 Å². The number of carbonyl (C=O) groups is 5. The number of hydrogen-bond acceptors (Lipinski definition) is 12. The number of hydrogen-bond donors (Lipinski definition) is 6. The molecule has 8 aliphatic rings. The zero-order valence-corrected chi connectivity index (χ0v) is 42.5. The number of Topliss-reactive ketones (excluding diaryl/α,β-unsaturated/α-hetero) is 2. The quantitative estimate of drug-likeness (QED) is 0.0696. The topological polar surface area (TPSA) is 216 Å². The Kier molecular flexibility index (Phi) is 15.3. The summed E-state index contributed by atoms with van der Waals surface area (Å²) in [6, 6.07) is 0. The van der Waals surface area contributed by atoms with E-state index < -0.39 is 121 Å². The predicted molar refractivity (Wildman–Crippen MR) is 254 cm³/mol. The van der Waals surface area contributed by atoms with Crippen LogP contribution < -0.4 is 0 Å². The molecule has 17 atom stereocenters. The fraction of sp³-hybridized carbons (Fsp3) is 0.745. The van der Waals surface area contributed by atoms with Crippen molar-refractivity contribution < 1.29 is 68.1 Å². The second kappa shape index (κ2) is 18.4. The molecule has 8 aliphatic carbocycles. The number of alkyl halides is 3. The molecule has 6 saturated carbocycles. The van der Waals surface area contributed by atoms with E-state index in [1.165, 1.54) is 19.1 Å². The molecule has 8 rings (SSSR count). The van der Waals surface area contributed by atoms with Gasteiger partial charge in [0.15, 0.2) is 29.5 Å². The van der Waals surface area contributed by atoms with E-state index in [4.69, 9.17) is 4.74 Å². The van der Waals surface area contributed by atoms with E-state index in [1.54, 1.807) is 79.7 Å². The van der Waals surface area contributed by atoms with Gasteiger partial charge in [0.1, 0.15) is 17.8 Å². The maximum atomic E-state index is 17.0. The molecule has 0 aromatic heterocycles. The molecule has 6 fully saturated rings. The number of ether oxygens (including phenoxy) is 1. The molecule has 0 saturated heterocycles. The summed E-state index contributed by atoms with van der Waals surface area (Å²) in [5, 5.41) is 64.9. The molecule has 0 aromatic rings. The Balaban J connectivity index is 0.000000218. The summed E-state index contributed by atoms with van der Waals surface area (Å²) in [6.45, 7) is 14.0. The lowest BCUT2D eigenvalue weighted by Crippen LogP contribution is -2.69. The molecule has 6 N–H and O–H groups in total. The largest absolute Gasteiger partial charge is 0.458 e. The molecule has 0 spiro atoms. The van der Waals surface area contributed by atoms with Crippen LogP contribution in [0.15, 0.2) is 47.6 Å². The van der Waals surface area contributed by atoms with Gasteiger partial charge in [-0.05, 0) is 131 Å². The number of carbonyl (C=O) groups excluding carboxylic acids is 5. The zero-order valence-electron chi connectivity index (χ0n) is 39.4. The summed E-state index contributed by atoms with van der Waals surface area (Å²) in [6.07, 6.45) is 8.64. The van der Waals surface area contributed by atoms with Crippen molar-refractivity contribution in [3.8, 4) is 0 Å². The number of fused-ring (bicyclic) bond motifs is 10. The highest BCUT2D eigenvalue weighted by Gasteiger charge is 2.77. The zero-order chi connectivity index (χ0) is 49.8. The SMILES string of the molecule is C.CC(=O)OCC(=O)C1(O)C(C)CC2C3CCC4=CC(=O)C=CC4(C)C3(F)C(O)CC21C.CC(C)(Br)C(=O)Br.CC1CC2C3CCC4=CC(O)C=CC4(C)C3(F)C(O)CC2(C)C1(O)C(=O)CO. The summed E-state index contributed by atoms with van der Waals surface area (Å²) in [5.41, 5.74) is -10.3. The van der Waals surface area contributed by atoms with E-state index in [1.807, 2.05) is 0 Å². The van der Waals surface area contributed by atoms with Crippen molar-refractivity contribution in [1.29, 1.82) is 0 Å². The Labute approximate surface area is 410 Å². The molecule has 0 aliphatic heterocycles. The minimum Gasteiger partial charge on any atom is -0.458 e. The number of ketones is 3. The van der Waals surface area contributed by atoms with Crippen LogP contribution in [0, 0.1) is 57.2 Å². The van der Waals surface area contributed by atoms with Gasteiger partial charge < -0.3 is 35.4 Å². The highest BCUT2D eigenvalue weighted by atomic mass is 79.9. The molecular weight excluding hydrogens is 1000 g/mol. The maximum absolute atomic E-state index is 17.0. The molecule has 0 heterocycles. The van der Waals surface area contributed by atoms with Gasteiger partial charge in [0.2, 0.25) is 10.5 Å². The highest BCUT2D eigenvalue weighted by Crippen LogP contribution is 2.72. The van der Waals surface area contributed by atoms with Gasteiger partial charge in [-0.1, -0.05) is 86.5 Å². The van der Waals surface area contributed by atoms with Crippen molar-refractivity contribution in [3.05, 3.63) is 47.6 Å². The number of allylic oxidation sites excluding steroid dienone is 6. The van der Waals surface area contributed by atoms with Gasteiger partial charge in [-0.2, -0.15) is 0 Å². The summed E-state index contributed by atoms with van der Waals surface area (Å²) in [4.78, 5) is 59.0. The van der Waals surface area contributed by atoms with Crippen LogP contribution in [0.4, 0.5) is 8.78 Å². The third-order valence-corrected chi connectivity index (χ3v) is 20.3. The maximum Gasteiger partial charge on any atom is 0.303 e. The smallest absolute Gasteiger partial charge is 0.303 e. The van der Waals surface area contributed by atoms with Crippen LogP contribution in [-0.4, -0.2) is 117 Å². The second-order valence-electron chi connectivity index (χ2n) is 22.0. The number of rotatable bonds is 6. The Bertz CT molecular complexity index is 2150. The monoisotopic (exact) mass is 1070 g/mol. The average molecular weight is 1070 g/mol. The summed E-state index contributed by atoms with van der Waals surface area (Å²) < 4.78 is 38.3. The minimum atomic E-state index is -2.01. The Morgan fingerprint density at radius 3 is 1.66 bits per heavy atom. The van der Waals surface area contributed by atoms with E-state index in [-0.39, 0.29) is 42.6 Å². The fourth-order valence-corrected chi connectivity index (χ4v) is 14.8. The van der Waals surface area contributed by atoms with Gasteiger partial charge >= 0.3 is 5.97 Å². The van der Waals surface area contributed by atoms with E-state index in [0.29, 0.717) is 44.1 Å².